The van der Waals surface area contributed by atoms with Gasteiger partial charge in [0.25, 0.3) is 10.0 Å². The Hall–Kier alpha value is -3.07. The van der Waals surface area contributed by atoms with Crippen molar-refractivity contribution in [2.45, 2.75) is 62.6 Å². The molecule has 1 N–H and O–H groups in total. The van der Waals surface area contributed by atoms with Gasteiger partial charge in [0.1, 0.15) is 12.6 Å². The molecule has 10 heteroatoms. The molecular formula is C30H33Cl2N3O4S. The lowest BCUT2D eigenvalue weighted by molar-refractivity contribution is -0.140. The van der Waals surface area contributed by atoms with Crippen molar-refractivity contribution in [3.8, 4) is 0 Å². The van der Waals surface area contributed by atoms with Gasteiger partial charge in [-0.15, -0.1) is 0 Å². The number of hydrogen-bond donors (Lipinski definition) is 1. The zero-order valence-electron chi connectivity index (χ0n) is 22.3. The first kappa shape index (κ1) is 29.9. The lowest BCUT2D eigenvalue weighted by Crippen LogP contribution is -2.53. The SMILES string of the molecule is CC[C@H](C(=O)NC1CCCC1)N(Cc1ccc(Cl)cc1)C(=O)CN(c1ccccc1Cl)S(=O)(=O)c1ccccc1. The molecule has 40 heavy (non-hydrogen) atoms. The van der Waals surface area contributed by atoms with Crippen LogP contribution >= 0.6 is 23.2 Å². The fourth-order valence-electron chi connectivity index (χ4n) is 4.96. The van der Waals surface area contributed by atoms with Gasteiger partial charge in [-0.25, -0.2) is 8.42 Å². The highest BCUT2D eigenvalue weighted by Crippen LogP contribution is 2.31. The van der Waals surface area contributed by atoms with Crippen LogP contribution in [0.15, 0.2) is 83.8 Å². The second-order valence-electron chi connectivity index (χ2n) is 9.84. The van der Waals surface area contributed by atoms with Crippen molar-refractivity contribution in [2.24, 2.45) is 0 Å². The quantitative estimate of drug-likeness (QED) is 0.289. The van der Waals surface area contributed by atoms with Crippen molar-refractivity contribution < 1.29 is 18.0 Å². The van der Waals surface area contributed by atoms with Crippen molar-refractivity contribution in [3.05, 3.63) is 94.5 Å². The molecule has 0 aliphatic heterocycles. The average Bonchev–Trinajstić information content (AvgIpc) is 3.46. The van der Waals surface area contributed by atoms with Crippen LogP contribution < -0.4 is 9.62 Å². The van der Waals surface area contributed by atoms with E-state index in [9.17, 15) is 18.0 Å². The number of amides is 2. The summed E-state index contributed by atoms with van der Waals surface area (Å²) in [7, 11) is -4.17. The Kier molecular flexibility index (Phi) is 10.1. The Morgan fingerprint density at radius 1 is 0.925 bits per heavy atom. The third-order valence-corrected chi connectivity index (χ3v) is 9.43. The van der Waals surface area contributed by atoms with Crippen LogP contribution in [0.2, 0.25) is 10.0 Å². The number of sulfonamides is 1. The highest BCUT2D eigenvalue weighted by atomic mass is 35.5. The molecule has 3 aromatic carbocycles. The van der Waals surface area contributed by atoms with Gasteiger partial charge in [-0.1, -0.05) is 85.4 Å². The van der Waals surface area contributed by atoms with Crippen molar-refractivity contribution in [1.29, 1.82) is 0 Å². The van der Waals surface area contributed by atoms with E-state index in [2.05, 4.69) is 5.32 Å². The molecular weight excluding hydrogens is 569 g/mol. The first-order chi connectivity index (χ1) is 19.2. The van der Waals surface area contributed by atoms with Gasteiger partial charge in [0.05, 0.1) is 15.6 Å². The molecule has 0 bridgehead atoms. The lowest BCUT2D eigenvalue weighted by Gasteiger charge is -2.34. The summed E-state index contributed by atoms with van der Waals surface area (Å²) in [5, 5.41) is 3.84. The van der Waals surface area contributed by atoms with Gasteiger partial charge in [-0.05, 0) is 61.2 Å². The lowest BCUT2D eigenvalue weighted by atomic mass is 10.1. The molecule has 212 valence electrons. The number of nitrogens with zero attached hydrogens (tertiary/aromatic N) is 2. The molecule has 2 amide bonds. The summed E-state index contributed by atoms with van der Waals surface area (Å²) in [6.45, 7) is 1.41. The van der Waals surface area contributed by atoms with Crippen LogP contribution in [0, 0.1) is 0 Å². The molecule has 1 aliphatic carbocycles. The monoisotopic (exact) mass is 601 g/mol. The number of carbonyl (C=O) groups excluding carboxylic acids is 2. The summed E-state index contributed by atoms with van der Waals surface area (Å²) in [5.74, 6) is -0.769. The fourth-order valence-corrected chi connectivity index (χ4v) is 6.83. The molecule has 0 spiro atoms. The van der Waals surface area contributed by atoms with Gasteiger partial charge in [-0.2, -0.15) is 0 Å². The Labute approximate surface area is 246 Å². The smallest absolute Gasteiger partial charge is 0.264 e. The van der Waals surface area contributed by atoms with Crippen molar-refractivity contribution in [3.63, 3.8) is 0 Å². The highest BCUT2D eigenvalue weighted by molar-refractivity contribution is 7.92. The van der Waals surface area contributed by atoms with Crippen LogP contribution in [-0.4, -0.2) is 43.8 Å². The van der Waals surface area contributed by atoms with Crippen molar-refractivity contribution in [2.75, 3.05) is 10.8 Å². The topological polar surface area (TPSA) is 86.8 Å². The Balaban J connectivity index is 1.71. The average molecular weight is 603 g/mol. The van der Waals surface area contributed by atoms with E-state index < -0.39 is 28.5 Å². The maximum absolute atomic E-state index is 14.1. The number of halogens is 2. The number of para-hydroxylation sites is 1. The summed E-state index contributed by atoms with van der Waals surface area (Å²) in [6.07, 6.45) is 4.28. The molecule has 1 atom stereocenters. The Morgan fingerprint density at radius 3 is 2.17 bits per heavy atom. The summed E-state index contributed by atoms with van der Waals surface area (Å²) < 4.78 is 28.7. The minimum Gasteiger partial charge on any atom is -0.352 e. The normalized spacial score (nSPS) is 14.5. The molecule has 1 saturated carbocycles. The van der Waals surface area contributed by atoms with E-state index in [1.54, 1.807) is 66.7 Å². The molecule has 0 radical (unpaired) electrons. The van der Waals surface area contributed by atoms with E-state index in [1.165, 1.54) is 17.0 Å². The Bertz CT molecular complexity index is 1410. The largest absolute Gasteiger partial charge is 0.352 e. The maximum atomic E-state index is 14.1. The van der Waals surface area contributed by atoms with Crippen LogP contribution in [0.3, 0.4) is 0 Å². The predicted octanol–water partition coefficient (Wildman–Crippen LogP) is 6.05. The minimum atomic E-state index is -4.17. The molecule has 1 aliphatic rings. The number of benzene rings is 3. The number of nitrogens with one attached hydrogen (secondary N) is 1. The van der Waals surface area contributed by atoms with Gasteiger partial charge in [-0.3, -0.25) is 13.9 Å². The zero-order valence-corrected chi connectivity index (χ0v) is 24.6. The van der Waals surface area contributed by atoms with Gasteiger partial charge in [0.15, 0.2) is 0 Å². The standard InChI is InChI=1S/C30H33Cl2N3O4S/c1-2-27(30(37)33-24-10-6-7-11-24)34(20-22-16-18-23(31)19-17-22)29(36)21-35(28-15-9-8-14-26(28)32)40(38,39)25-12-4-3-5-13-25/h3-5,8-9,12-19,24,27H,2,6-7,10-11,20-21H2,1H3,(H,33,37)/t27-/m1/s1. The third kappa shape index (κ3) is 7.16. The second kappa shape index (κ2) is 13.5. The second-order valence-corrected chi connectivity index (χ2v) is 12.5. The van der Waals surface area contributed by atoms with Crippen LogP contribution in [0.1, 0.15) is 44.6 Å². The highest BCUT2D eigenvalue weighted by Gasteiger charge is 2.35. The predicted molar refractivity (Wildman–Crippen MR) is 159 cm³/mol. The van der Waals surface area contributed by atoms with Crippen LogP contribution in [0.5, 0.6) is 0 Å². The van der Waals surface area contributed by atoms with Crippen LogP contribution in [0.25, 0.3) is 0 Å². The van der Waals surface area contributed by atoms with E-state index in [1.807, 2.05) is 6.92 Å². The van der Waals surface area contributed by atoms with E-state index in [0.717, 1.165) is 35.6 Å². The number of anilines is 1. The van der Waals surface area contributed by atoms with Gasteiger partial charge < -0.3 is 10.2 Å². The summed E-state index contributed by atoms with van der Waals surface area (Å²) in [4.78, 5) is 29.1. The molecule has 0 unspecified atom stereocenters. The van der Waals surface area contributed by atoms with Crippen molar-refractivity contribution in [1.82, 2.24) is 10.2 Å². The number of hydrogen-bond acceptors (Lipinski definition) is 4. The number of rotatable bonds is 11. The fraction of sp³-hybridized carbons (Fsp3) is 0.333. The van der Waals surface area contributed by atoms with Gasteiger partial charge in [0, 0.05) is 17.6 Å². The summed E-state index contributed by atoms with van der Waals surface area (Å²) in [5.41, 5.74) is 0.941. The molecule has 0 heterocycles. The molecule has 1 fully saturated rings. The molecule has 0 saturated heterocycles. The molecule has 7 nitrogen and oxygen atoms in total. The number of carbonyl (C=O) groups is 2. The first-order valence-corrected chi connectivity index (χ1v) is 15.6. The third-order valence-electron chi connectivity index (χ3n) is 7.08. The van der Waals surface area contributed by atoms with E-state index in [4.69, 9.17) is 23.2 Å². The maximum Gasteiger partial charge on any atom is 0.264 e. The van der Waals surface area contributed by atoms with Crippen molar-refractivity contribution >= 4 is 50.7 Å². The minimum absolute atomic E-state index is 0.0259. The molecule has 0 aromatic heterocycles. The van der Waals surface area contributed by atoms with Gasteiger partial charge >= 0.3 is 0 Å². The Morgan fingerprint density at radius 2 is 1.55 bits per heavy atom. The van der Waals surface area contributed by atoms with E-state index >= 15 is 0 Å². The summed E-state index contributed by atoms with van der Waals surface area (Å²) >= 11 is 12.5. The molecule has 3 aromatic rings. The van der Waals surface area contributed by atoms with E-state index in [-0.39, 0.29) is 34.1 Å². The van der Waals surface area contributed by atoms with Gasteiger partial charge in [0.2, 0.25) is 11.8 Å². The molecule has 4 rings (SSSR count). The van der Waals surface area contributed by atoms with Crippen LogP contribution in [0.4, 0.5) is 5.69 Å². The van der Waals surface area contributed by atoms with E-state index in [0.29, 0.717) is 11.4 Å². The zero-order chi connectivity index (χ0) is 28.7. The van der Waals surface area contributed by atoms with Crippen LogP contribution in [-0.2, 0) is 26.2 Å². The first-order valence-electron chi connectivity index (χ1n) is 13.4. The summed E-state index contributed by atoms with van der Waals surface area (Å²) in [6, 6.07) is 20.7.